The van der Waals surface area contributed by atoms with Crippen LogP contribution in [0.4, 0.5) is 0 Å². The fourth-order valence-corrected chi connectivity index (χ4v) is 5.44. The van der Waals surface area contributed by atoms with Crippen molar-refractivity contribution in [3.63, 3.8) is 0 Å². The van der Waals surface area contributed by atoms with Crippen LogP contribution < -0.4 is 9.47 Å². The predicted octanol–water partition coefficient (Wildman–Crippen LogP) is 5.31. The molecule has 0 fully saturated rings. The minimum Gasteiger partial charge on any atom is -0.493 e. The van der Waals surface area contributed by atoms with Crippen LogP contribution in [0, 0.1) is 6.92 Å². The number of benzene rings is 2. The van der Waals surface area contributed by atoms with Gasteiger partial charge in [-0.05, 0) is 60.0 Å². The summed E-state index contributed by atoms with van der Waals surface area (Å²) in [5, 5.41) is 2.04. The van der Waals surface area contributed by atoms with Crippen LogP contribution in [0.25, 0.3) is 0 Å². The third-order valence-corrected chi connectivity index (χ3v) is 7.89. The van der Waals surface area contributed by atoms with Gasteiger partial charge in [0, 0.05) is 25.1 Å². The van der Waals surface area contributed by atoms with Crippen molar-refractivity contribution in [1.82, 2.24) is 9.80 Å². The molecule has 7 nitrogen and oxygen atoms in total. The molecule has 1 atom stereocenters. The van der Waals surface area contributed by atoms with Gasteiger partial charge in [0.2, 0.25) is 11.8 Å². The minimum atomic E-state index is -0.310. The highest BCUT2D eigenvalue weighted by atomic mass is 32.1. The molecule has 0 radical (unpaired) electrons. The van der Waals surface area contributed by atoms with Crippen molar-refractivity contribution in [3.8, 4) is 11.5 Å². The molecule has 0 bridgehead atoms. The second-order valence-electron chi connectivity index (χ2n) is 9.41. The van der Waals surface area contributed by atoms with E-state index in [4.69, 9.17) is 14.2 Å². The Balaban J connectivity index is 1.81. The van der Waals surface area contributed by atoms with E-state index >= 15 is 0 Å². The van der Waals surface area contributed by atoms with Gasteiger partial charge in [0.15, 0.2) is 11.5 Å². The van der Waals surface area contributed by atoms with Gasteiger partial charge in [0.1, 0.15) is 0 Å². The highest BCUT2D eigenvalue weighted by Gasteiger charge is 2.28. The highest BCUT2D eigenvalue weighted by molar-refractivity contribution is 7.10. The molecule has 0 saturated heterocycles. The summed E-state index contributed by atoms with van der Waals surface area (Å²) < 4.78 is 16.1. The van der Waals surface area contributed by atoms with Crippen molar-refractivity contribution < 1.29 is 23.8 Å². The zero-order valence-electron chi connectivity index (χ0n) is 23.6. The lowest BCUT2D eigenvalue weighted by molar-refractivity contribution is -0.142. The van der Waals surface area contributed by atoms with Crippen molar-refractivity contribution in [2.24, 2.45) is 0 Å². The molecule has 3 aromatic rings. The summed E-state index contributed by atoms with van der Waals surface area (Å²) in [6, 6.07) is 17.6. The molecule has 0 aliphatic heterocycles. The Morgan fingerprint density at radius 1 is 0.923 bits per heavy atom. The number of amides is 2. The molecule has 0 aliphatic rings. The van der Waals surface area contributed by atoms with Crippen molar-refractivity contribution in [1.29, 1.82) is 0 Å². The molecule has 3 rings (SSSR count). The smallest absolute Gasteiger partial charge is 0.242 e. The second kappa shape index (κ2) is 15.3. The van der Waals surface area contributed by atoms with Gasteiger partial charge < -0.3 is 24.0 Å². The number of rotatable bonds is 15. The van der Waals surface area contributed by atoms with Gasteiger partial charge in [0.25, 0.3) is 0 Å². The number of thiophene rings is 1. The summed E-state index contributed by atoms with van der Waals surface area (Å²) >= 11 is 1.64. The number of methoxy groups -OCH3 is 3. The third-order valence-electron chi connectivity index (χ3n) is 6.89. The van der Waals surface area contributed by atoms with Crippen LogP contribution in [0.3, 0.4) is 0 Å². The Morgan fingerprint density at radius 2 is 1.67 bits per heavy atom. The summed E-state index contributed by atoms with van der Waals surface area (Å²) in [5.41, 5.74) is 3.15. The van der Waals surface area contributed by atoms with E-state index in [0.29, 0.717) is 50.6 Å². The summed E-state index contributed by atoms with van der Waals surface area (Å²) in [4.78, 5) is 32.1. The van der Waals surface area contributed by atoms with E-state index in [0.717, 1.165) is 21.6 Å². The van der Waals surface area contributed by atoms with E-state index < -0.39 is 0 Å². The SMILES string of the molecule is CCC(C(=O)N(CCOC)CC(=O)N(CCc1ccc(OC)c(OC)c1)Cc1sccc1C)c1ccccc1. The summed E-state index contributed by atoms with van der Waals surface area (Å²) in [7, 11) is 4.83. The summed E-state index contributed by atoms with van der Waals surface area (Å²) in [6.45, 7) is 5.78. The van der Waals surface area contributed by atoms with Crippen LogP contribution in [0.5, 0.6) is 11.5 Å². The fourth-order valence-electron chi connectivity index (χ4n) is 4.52. The van der Waals surface area contributed by atoms with Crippen molar-refractivity contribution in [2.75, 3.05) is 47.6 Å². The summed E-state index contributed by atoms with van der Waals surface area (Å²) in [6.07, 6.45) is 1.29. The molecule has 8 heteroatoms. The average Bonchev–Trinajstić information content (AvgIpc) is 3.37. The lowest BCUT2D eigenvalue weighted by atomic mass is 9.95. The number of carbonyl (C=O) groups is 2. The first kappa shape index (κ1) is 30.2. The zero-order valence-corrected chi connectivity index (χ0v) is 24.5. The molecule has 2 amide bonds. The Morgan fingerprint density at radius 3 is 2.28 bits per heavy atom. The van der Waals surface area contributed by atoms with E-state index in [1.807, 2.05) is 65.7 Å². The van der Waals surface area contributed by atoms with Crippen LogP contribution in [0.15, 0.2) is 60.0 Å². The Bertz CT molecular complexity index is 1200. The lowest BCUT2D eigenvalue weighted by Gasteiger charge is -2.30. The number of hydrogen-bond acceptors (Lipinski definition) is 6. The van der Waals surface area contributed by atoms with Gasteiger partial charge in [-0.3, -0.25) is 9.59 Å². The second-order valence-corrected chi connectivity index (χ2v) is 10.4. The first-order valence-electron chi connectivity index (χ1n) is 13.3. The van der Waals surface area contributed by atoms with Crippen LogP contribution in [0.2, 0.25) is 0 Å². The normalized spacial score (nSPS) is 11.6. The van der Waals surface area contributed by atoms with Crippen LogP contribution in [0.1, 0.15) is 40.8 Å². The molecular weight excluding hydrogens is 512 g/mol. The van der Waals surface area contributed by atoms with Crippen LogP contribution in [-0.4, -0.2) is 69.2 Å². The van der Waals surface area contributed by atoms with Crippen molar-refractivity contribution in [3.05, 3.63) is 81.5 Å². The Labute approximate surface area is 236 Å². The standard InChI is InChI=1S/C31H40N2O5S/c1-6-26(25-10-8-7-9-11-25)31(35)33(17-18-36-3)22-30(34)32(21-29-23(2)15-19-39-29)16-14-24-12-13-27(37-4)28(20-24)38-5/h7-13,15,19-20,26H,6,14,16-18,21-22H2,1-5H3. The summed E-state index contributed by atoms with van der Waals surface area (Å²) in [5.74, 6) is 0.872. The third kappa shape index (κ3) is 8.31. The maximum atomic E-state index is 13.8. The van der Waals surface area contributed by atoms with Gasteiger partial charge in [-0.1, -0.05) is 43.3 Å². The first-order chi connectivity index (χ1) is 18.9. The van der Waals surface area contributed by atoms with Gasteiger partial charge in [-0.2, -0.15) is 0 Å². The molecule has 1 aromatic heterocycles. The van der Waals surface area contributed by atoms with E-state index in [2.05, 4.69) is 13.0 Å². The Kier molecular flexibility index (Phi) is 11.8. The van der Waals surface area contributed by atoms with E-state index in [1.165, 1.54) is 0 Å². The predicted molar refractivity (Wildman–Crippen MR) is 156 cm³/mol. The molecule has 210 valence electrons. The maximum absolute atomic E-state index is 13.8. The zero-order chi connectivity index (χ0) is 28.2. The molecule has 2 aromatic carbocycles. The van der Waals surface area contributed by atoms with Crippen LogP contribution >= 0.6 is 11.3 Å². The van der Waals surface area contributed by atoms with E-state index in [-0.39, 0.29) is 24.3 Å². The topological polar surface area (TPSA) is 68.3 Å². The minimum absolute atomic E-state index is 0.00187. The Hall–Kier alpha value is -3.36. The van der Waals surface area contributed by atoms with Crippen LogP contribution in [-0.2, 0) is 27.3 Å². The van der Waals surface area contributed by atoms with Gasteiger partial charge >= 0.3 is 0 Å². The van der Waals surface area contributed by atoms with Gasteiger partial charge in [-0.25, -0.2) is 0 Å². The largest absolute Gasteiger partial charge is 0.493 e. The van der Waals surface area contributed by atoms with Crippen molar-refractivity contribution >= 4 is 23.2 Å². The average molecular weight is 553 g/mol. The monoisotopic (exact) mass is 552 g/mol. The lowest BCUT2D eigenvalue weighted by Crippen LogP contribution is -2.46. The first-order valence-corrected chi connectivity index (χ1v) is 14.1. The highest BCUT2D eigenvalue weighted by Crippen LogP contribution is 2.28. The molecule has 1 unspecified atom stereocenters. The van der Waals surface area contributed by atoms with Crippen molar-refractivity contribution in [2.45, 2.75) is 39.2 Å². The fraction of sp³-hybridized carbons (Fsp3) is 0.419. The van der Waals surface area contributed by atoms with Gasteiger partial charge in [0.05, 0.1) is 39.8 Å². The molecule has 0 saturated carbocycles. The number of ether oxygens (including phenoxy) is 3. The number of aryl methyl sites for hydroxylation is 1. The maximum Gasteiger partial charge on any atom is 0.242 e. The quantitative estimate of drug-likeness (QED) is 0.256. The molecule has 39 heavy (non-hydrogen) atoms. The molecule has 0 N–H and O–H groups in total. The molecule has 0 aliphatic carbocycles. The number of nitrogens with zero attached hydrogens (tertiary/aromatic N) is 2. The van der Waals surface area contributed by atoms with E-state index in [9.17, 15) is 9.59 Å². The molecule has 0 spiro atoms. The number of carbonyl (C=O) groups excluding carboxylic acids is 2. The molecular formula is C31H40N2O5S. The number of hydrogen-bond donors (Lipinski definition) is 0. The molecule has 1 heterocycles. The van der Waals surface area contributed by atoms with E-state index in [1.54, 1.807) is 37.6 Å². The van der Waals surface area contributed by atoms with Gasteiger partial charge in [-0.15, -0.1) is 11.3 Å².